The average molecular weight is 326 g/mol. The van der Waals surface area contributed by atoms with Crippen LogP contribution in [0.15, 0.2) is 18.3 Å². The summed E-state index contributed by atoms with van der Waals surface area (Å²) in [5.74, 6) is 1.80. The molecule has 0 fully saturated rings. The van der Waals surface area contributed by atoms with E-state index in [2.05, 4.69) is 50.9 Å². The number of rotatable bonds is 0. The minimum absolute atomic E-state index is 0.0278. The Kier molecular flexibility index (Phi) is 3.09. The Morgan fingerprint density at radius 1 is 1.25 bits per heavy atom. The summed E-state index contributed by atoms with van der Waals surface area (Å²) in [5.41, 5.74) is 4.25. The summed E-state index contributed by atoms with van der Waals surface area (Å²) >= 11 is 0. The maximum atomic E-state index is 10.8. The van der Waals surface area contributed by atoms with Crippen LogP contribution in [0.5, 0.6) is 11.5 Å². The molecular weight excluding hydrogens is 300 g/mol. The van der Waals surface area contributed by atoms with Crippen LogP contribution in [0.25, 0.3) is 0 Å². The summed E-state index contributed by atoms with van der Waals surface area (Å²) in [6.07, 6.45) is 3.74. The van der Waals surface area contributed by atoms with Gasteiger partial charge >= 0.3 is 0 Å². The first kappa shape index (κ1) is 15.6. The zero-order valence-electron chi connectivity index (χ0n) is 15.1. The highest BCUT2D eigenvalue weighted by molar-refractivity contribution is 5.54. The lowest BCUT2D eigenvalue weighted by Gasteiger charge is -2.47. The van der Waals surface area contributed by atoms with Crippen LogP contribution in [0, 0.1) is 5.92 Å². The summed E-state index contributed by atoms with van der Waals surface area (Å²) in [5, 5.41) is 18.1. The molecule has 0 saturated carbocycles. The van der Waals surface area contributed by atoms with Gasteiger partial charge in [-0.05, 0) is 55.4 Å². The SMILES string of the molecule is CC(C)(C)c1cc(O)c2c(c1)OC(C)(C)C1Cc3cn[nH]c3CC21. The number of phenolic OH excluding ortho intramolecular Hbond substituents is 1. The molecule has 1 aliphatic carbocycles. The second kappa shape index (κ2) is 4.78. The molecule has 0 saturated heterocycles. The van der Waals surface area contributed by atoms with E-state index in [4.69, 9.17) is 4.74 Å². The highest BCUT2D eigenvalue weighted by Crippen LogP contribution is 2.53. The lowest BCUT2D eigenvalue weighted by atomic mass is 9.66. The van der Waals surface area contributed by atoms with E-state index >= 15 is 0 Å². The predicted molar refractivity (Wildman–Crippen MR) is 93.7 cm³/mol. The van der Waals surface area contributed by atoms with Crippen LogP contribution in [0.3, 0.4) is 0 Å². The van der Waals surface area contributed by atoms with Crippen molar-refractivity contribution in [3.05, 3.63) is 40.7 Å². The van der Waals surface area contributed by atoms with Gasteiger partial charge in [-0.1, -0.05) is 20.8 Å². The number of hydrogen-bond donors (Lipinski definition) is 2. The maximum absolute atomic E-state index is 10.8. The topological polar surface area (TPSA) is 58.1 Å². The van der Waals surface area contributed by atoms with E-state index in [9.17, 15) is 5.11 Å². The smallest absolute Gasteiger partial charge is 0.127 e. The number of nitrogens with one attached hydrogen (secondary N) is 1. The van der Waals surface area contributed by atoms with Crippen molar-refractivity contribution in [2.24, 2.45) is 5.92 Å². The number of H-pyrrole nitrogens is 1. The van der Waals surface area contributed by atoms with Gasteiger partial charge in [0.05, 0.1) is 6.20 Å². The summed E-state index contributed by atoms with van der Waals surface area (Å²) in [7, 11) is 0. The van der Waals surface area contributed by atoms with E-state index in [1.54, 1.807) is 0 Å². The van der Waals surface area contributed by atoms with Gasteiger partial charge in [-0.15, -0.1) is 0 Å². The first-order valence-corrected chi connectivity index (χ1v) is 8.74. The molecule has 1 aliphatic heterocycles. The van der Waals surface area contributed by atoms with Crippen molar-refractivity contribution in [1.82, 2.24) is 10.2 Å². The molecule has 0 spiro atoms. The molecule has 1 aromatic heterocycles. The van der Waals surface area contributed by atoms with E-state index in [-0.39, 0.29) is 16.9 Å². The van der Waals surface area contributed by atoms with E-state index in [0.29, 0.717) is 11.7 Å². The van der Waals surface area contributed by atoms with Crippen LogP contribution in [0.1, 0.15) is 62.9 Å². The Labute approximate surface area is 143 Å². The van der Waals surface area contributed by atoms with E-state index in [0.717, 1.165) is 29.7 Å². The van der Waals surface area contributed by atoms with Crippen LogP contribution in [-0.4, -0.2) is 20.9 Å². The zero-order chi connectivity index (χ0) is 17.3. The number of aromatic hydroxyl groups is 1. The van der Waals surface area contributed by atoms with Crippen molar-refractivity contribution in [2.75, 3.05) is 0 Å². The predicted octanol–water partition coefficient (Wildman–Crippen LogP) is 4.08. The van der Waals surface area contributed by atoms with Crippen LogP contribution in [0.2, 0.25) is 0 Å². The first-order valence-electron chi connectivity index (χ1n) is 8.74. The van der Waals surface area contributed by atoms with Gasteiger partial charge in [0.1, 0.15) is 17.1 Å². The first-order chi connectivity index (χ1) is 11.2. The number of fused-ring (bicyclic) bond motifs is 4. The zero-order valence-corrected chi connectivity index (χ0v) is 15.1. The largest absolute Gasteiger partial charge is 0.508 e. The molecular formula is C20H26N2O2. The lowest BCUT2D eigenvalue weighted by molar-refractivity contribution is 0.00540. The number of ether oxygens (including phenoxy) is 1. The standard InChI is InChI=1S/C20H26N2O2/c1-19(2,3)12-7-16(23)18-13-9-15-11(10-21-22-15)6-14(13)20(4,5)24-17(18)8-12/h7-8,10,13-14,23H,6,9H2,1-5H3,(H,21,22). The molecule has 2 heterocycles. The van der Waals surface area contributed by atoms with Crippen molar-refractivity contribution in [1.29, 1.82) is 0 Å². The third-order valence-electron chi connectivity index (χ3n) is 5.78. The van der Waals surface area contributed by atoms with Crippen LogP contribution >= 0.6 is 0 Å². The van der Waals surface area contributed by atoms with Crippen LogP contribution in [-0.2, 0) is 18.3 Å². The molecule has 0 radical (unpaired) electrons. The minimum Gasteiger partial charge on any atom is -0.508 e. The maximum Gasteiger partial charge on any atom is 0.127 e. The number of aromatic amines is 1. The molecule has 0 amide bonds. The number of benzene rings is 1. The Morgan fingerprint density at radius 2 is 2.00 bits per heavy atom. The second-order valence-corrected chi connectivity index (χ2v) is 8.86. The van der Waals surface area contributed by atoms with Gasteiger partial charge in [-0.2, -0.15) is 5.10 Å². The average Bonchev–Trinajstić information content (AvgIpc) is 2.90. The van der Waals surface area contributed by atoms with Gasteiger partial charge in [-0.25, -0.2) is 0 Å². The quantitative estimate of drug-likeness (QED) is 0.767. The minimum atomic E-state index is -0.268. The van der Waals surface area contributed by atoms with Gasteiger partial charge in [0.25, 0.3) is 0 Å². The molecule has 4 heteroatoms. The van der Waals surface area contributed by atoms with Crippen molar-refractivity contribution < 1.29 is 9.84 Å². The summed E-state index contributed by atoms with van der Waals surface area (Å²) in [6, 6.07) is 4.04. The lowest BCUT2D eigenvalue weighted by Crippen LogP contribution is -2.47. The van der Waals surface area contributed by atoms with Crippen molar-refractivity contribution in [3.63, 3.8) is 0 Å². The molecule has 2 atom stereocenters. The fraction of sp³-hybridized carbons (Fsp3) is 0.550. The molecule has 4 rings (SSSR count). The van der Waals surface area contributed by atoms with E-state index < -0.39 is 0 Å². The van der Waals surface area contributed by atoms with Crippen LogP contribution < -0.4 is 4.74 Å². The molecule has 2 aromatic rings. The molecule has 24 heavy (non-hydrogen) atoms. The molecule has 2 N–H and O–H groups in total. The third kappa shape index (κ3) is 2.23. The highest BCUT2D eigenvalue weighted by Gasteiger charge is 2.47. The van der Waals surface area contributed by atoms with Gasteiger partial charge in [0, 0.05) is 23.1 Å². The Balaban J connectivity index is 1.87. The monoisotopic (exact) mass is 326 g/mol. The third-order valence-corrected chi connectivity index (χ3v) is 5.78. The van der Waals surface area contributed by atoms with Crippen LogP contribution in [0.4, 0.5) is 0 Å². The molecule has 2 unspecified atom stereocenters. The number of nitrogens with zero attached hydrogens (tertiary/aromatic N) is 1. The van der Waals surface area contributed by atoms with Gasteiger partial charge in [-0.3, -0.25) is 5.10 Å². The Morgan fingerprint density at radius 3 is 2.71 bits per heavy atom. The van der Waals surface area contributed by atoms with Gasteiger partial charge < -0.3 is 9.84 Å². The fourth-order valence-electron chi connectivity index (χ4n) is 4.33. The van der Waals surface area contributed by atoms with Gasteiger partial charge in [0.2, 0.25) is 0 Å². The number of phenols is 1. The normalized spacial score (nSPS) is 24.5. The molecule has 0 bridgehead atoms. The Bertz CT molecular complexity index is 798. The van der Waals surface area contributed by atoms with Crippen molar-refractivity contribution in [3.8, 4) is 11.5 Å². The number of hydrogen-bond acceptors (Lipinski definition) is 3. The number of aromatic nitrogens is 2. The second-order valence-electron chi connectivity index (χ2n) is 8.86. The summed E-state index contributed by atoms with van der Waals surface area (Å²) in [6.45, 7) is 10.8. The highest BCUT2D eigenvalue weighted by atomic mass is 16.5. The molecule has 4 nitrogen and oxygen atoms in total. The van der Waals surface area contributed by atoms with E-state index in [1.807, 2.05) is 12.3 Å². The van der Waals surface area contributed by atoms with E-state index in [1.165, 1.54) is 11.3 Å². The fourth-order valence-corrected chi connectivity index (χ4v) is 4.33. The molecule has 128 valence electrons. The van der Waals surface area contributed by atoms with Gasteiger partial charge in [0.15, 0.2) is 0 Å². The molecule has 2 aliphatic rings. The van der Waals surface area contributed by atoms with Crippen molar-refractivity contribution >= 4 is 0 Å². The Hall–Kier alpha value is -1.97. The van der Waals surface area contributed by atoms with Crippen molar-refractivity contribution in [2.45, 2.75) is 64.4 Å². The summed E-state index contributed by atoms with van der Waals surface area (Å²) in [4.78, 5) is 0. The molecule has 1 aromatic carbocycles. The summed E-state index contributed by atoms with van der Waals surface area (Å²) < 4.78 is 6.41.